The van der Waals surface area contributed by atoms with E-state index < -0.39 is 5.82 Å². The molecule has 0 radical (unpaired) electrons. The van der Waals surface area contributed by atoms with Gasteiger partial charge in [-0.3, -0.25) is 9.36 Å². The number of hydrogen-bond donors (Lipinski definition) is 0. The highest BCUT2D eigenvalue weighted by Gasteiger charge is 2.14. The van der Waals surface area contributed by atoms with E-state index in [2.05, 4.69) is 0 Å². The zero-order valence-electron chi connectivity index (χ0n) is 20.0. The summed E-state index contributed by atoms with van der Waals surface area (Å²) in [5, 5.41) is 2.39. The summed E-state index contributed by atoms with van der Waals surface area (Å²) in [6.07, 6.45) is 3.51. The van der Waals surface area contributed by atoms with Gasteiger partial charge in [0.2, 0.25) is 0 Å². The second-order valence-corrected chi connectivity index (χ2v) is 8.09. The van der Waals surface area contributed by atoms with Gasteiger partial charge in [0.1, 0.15) is 17.4 Å². The van der Waals surface area contributed by atoms with Crippen molar-refractivity contribution >= 4 is 33.8 Å². The molecular formula is C29H23FN2O4. The molecule has 0 aliphatic heterocycles. The predicted molar refractivity (Wildman–Crippen MR) is 140 cm³/mol. The van der Waals surface area contributed by atoms with Crippen molar-refractivity contribution < 1.29 is 18.6 Å². The van der Waals surface area contributed by atoms with E-state index in [-0.39, 0.29) is 5.56 Å². The van der Waals surface area contributed by atoms with Gasteiger partial charge in [-0.2, -0.15) is 0 Å². The molecule has 5 rings (SSSR count). The van der Waals surface area contributed by atoms with Crippen LogP contribution in [0.1, 0.15) is 11.4 Å². The van der Waals surface area contributed by atoms with Crippen molar-refractivity contribution in [3.05, 3.63) is 100 Å². The van der Waals surface area contributed by atoms with E-state index in [9.17, 15) is 9.18 Å². The smallest absolute Gasteiger partial charge is 0.266 e. The first-order chi connectivity index (χ1) is 17.5. The lowest BCUT2D eigenvalue weighted by atomic mass is 10.1. The lowest BCUT2D eigenvalue weighted by Crippen LogP contribution is -2.22. The van der Waals surface area contributed by atoms with Gasteiger partial charge in [-0.15, -0.1) is 0 Å². The van der Waals surface area contributed by atoms with Gasteiger partial charge in [0.05, 0.1) is 37.9 Å². The lowest BCUT2D eigenvalue weighted by Gasteiger charge is -2.13. The standard InChI is InChI=1S/C29H23FN2O4/c1-34-25-17-27(36-3)26(35-2)16-20(25)8-13-28-31-24-15-19-7-5-4-6-18(19)14-23(24)29(33)32(28)22-11-9-21(30)10-12-22/h4-17H,1-3H3/b13-8+. The Hall–Kier alpha value is -4.65. The molecule has 180 valence electrons. The second-order valence-electron chi connectivity index (χ2n) is 8.09. The average Bonchev–Trinajstić information content (AvgIpc) is 2.91. The van der Waals surface area contributed by atoms with E-state index in [0.29, 0.717) is 45.2 Å². The summed E-state index contributed by atoms with van der Waals surface area (Å²) < 4.78 is 31.5. The fraction of sp³-hybridized carbons (Fsp3) is 0.103. The quantitative estimate of drug-likeness (QED) is 0.283. The molecule has 0 unspecified atom stereocenters. The molecule has 0 bridgehead atoms. The van der Waals surface area contributed by atoms with Crippen LogP contribution in [0, 0.1) is 5.82 Å². The molecule has 36 heavy (non-hydrogen) atoms. The third kappa shape index (κ3) is 4.15. The SMILES string of the molecule is COc1cc(OC)c(OC)cc1/C=C/c1nc2cc3ccccc3cc2c(=O)n1-c1ccc(F)cc1. The minimum absolute atomic E-state index is 0.253. The fourth-order valence-corrected chi connectivity index (χ4v) is 4.19. The maximum Gasteiger partial charge on any atom is 0.266 e. The monoisotopic (exact) mass is 482 g/mol. The minimum Gasteiger partial charge on any atom is -0.496 e. The molecule has 0 amide bonds. The van der Waals surface area contributed by atoms with Gasteiger partial charge in [0.15, 0.2) is 11.5 Å². The van der Waals surface area contributed by atoms with Crippen molar-refractivity contribution in [2.45, 2.75) is 0 Å². The zero-order chi connectivity index (χ0) is 25.2. The van der Waals surface area contributed by atoms with Crippen molar-refractivity contribution in [2.75, 3.05) is 21.3 Å². The predicted octanol–water partition coefficient (Wildman–Crippen LogP) is 5.87. The van der Waals surface area contributed by atoms with Crippen LogP contribution in [0.4, 0.5) is 4.39 Å². The number of benzene rings is 4. The fourth-order valence-electron chi connectivity index (χ4n) is 4.19. The van der Waals surface area contributed by atoms with E-state index in [0.717, 1.165) is 10.8 Å². The van der Waals surface area contributed by atoms with Crippen LogP contribution in [0.25, 0.3) is 39.5 Å². The van der Waals surface area contributed by atoms with Crippen molar-refractivity contribution in [1.82, 2.24) is 9.55 Å². The third-order valence-corrected chi connectivity index (χ3v) is 5.99. The highest BCUT2D eigenvalue weighted by atomic mass is 19.1. The highest BCUT2D eigenvalue weighted by Crippen LogP contribution is 2.35. The Balaban J connectivity index is 1.75. The van der Waals surface area contributed by atoms with Crippen molar-refractivity contribution in [3.63, 3.8) is 0 Å². The number of aromatic nitrogens is 2. The van der Waals surface area contributed by atoms with Crippen LogP contribution in [0.3, 0.4) is 0 Å². The second kappa shape index (κ2) is 9.54. The Morgan fingerprint density at radius 3 is 2.08 bits per heavy atom. The largest absolute Gasteiger partial charge is 0.496 e. The molecule has 7 heteroatoms. The molecule has 0 saturated carbocycles. The van der Waals surface area contributed by atoms with E-state index >= 15 is 0 Å². The van der Waals surface area contributed by atoms with Crippen LogP contribution in [0.5, 0.6) is 17.2 Å². The summed E-state index contributed by atoms with van der Waals surface area (Å²) >= 11 is 0. The Bertz CT molecular complexity index is 1670. The van der Waals surface area contributed by atoms with Crippen LogP contribution >= 0.6 is 0 Å². The summed E-state index contributed by atoms with van der Waals surface area (Å²) in [5.74, 6) is 1.62. The molecule has 1 aromatic heterocycles. The number of nitrogens with zero attached hydrogens (tertiary/aromatic N) is 2. The number of methoxy groups -OCH3 is 3. The van der Waals surface area contributed by atoms with Crippen LogP contribution in [-0.4, -0.2) is 30.9 Å². The van der Waals surface area contributed by atoms with E-state index in [1.54, 1.807) is 57.7 Å². The first-order valence-corrected chi connectivity index (χ1v) is 11.2. The molecule has 0 spiro atoms. The van der Waals surface area contributed by atoms with Gasteiger partial charge in [-0.05, 0) is 65.4 Å². The van der Waals surface area contributed by atoms with E-state index in [1.165, 1.54) is 16.7 Å². The number of hydrogen-bond acceptors (Lipinski definition) is 5. The number of fused-ring (bicyclic) bond motifs is 2. The van der Waals surface area contributed by atoms with Gasteiger partial charge in [-0.25, -0.2) is 9.37 Å². The first-order valence-electron chi connectivity index (χ1n) is 11.2. The molecule has 5 aromatic rings. The number of rotatable bonds is 6. The van der Waals surface area contributed by atoms with Crippen LogP contribution in [0.15, 0.2) is 77.6 Å². The number of halogens is 1. The molecule has 6 nitrogen and oxygen atoms in total. The summed E-state index contributed by atoms with van der Waals surface area (Å²) in [7, 11) is 4.67. The summed E-state index contributed by atoms with van der Waals surface area (Å²) in [6, 6.07) is 20.8. The number of ether oxygens (including phenoxy) is 3. The van der Waals surface area contributed by atoms with Crippen molar-refractivity contribution in [3.8, 4) is 22.9 Å². The summed E-state index contributed by atoms with van der Waals surface area (Å²) in [5.41, 5.74) is 1.52. The molecule has 4 aromatic carbocycles. The maximum absolute atomic E-state index is 13.7. The molecule has 0 fully saturated rings. The van der Waals surface area contributed by atoms with Gasteiger partial charge in [0, 0.05) is 11.6 Å². The topological polar surface area (TPSA) is 62.6 Å². The molecule has 1 heterocycles. The van der Waals surface area contributed by atoms with Gasteiger partial charge in [0.25, 0.3) is 5.56 Å². The van der Waals surface area contributed by atoms with Gasteiger partial charge < -0.3 is 14.2 Å². The Morgan fingerprint density at radius 2 is 1.42 bits per heavy atom. The normalized spacial score (nSPS) is 11.3. The summed E-state index contributed by atoms with van der Waals surface area (Å²) in [6.45, 7) is 0. The Kier molecular flexibility index (Phi) is 6.12. The van der Waals surface area contributed by atoms with Crippen molar-refractivity contribution in [1.29, 1.82) is 0 Å². The minimum atomic E-state index is -0.390. The molecule has 0 atom stereocenters. The summed E-state index contributed by atoms with van der Waals surface area (Å²) in [4.78, 5) is 18.5. The Morgan fingerprint density at radius 1 is 0.778 bits per heavy atom. The lowest BCUT2D eigenvalue weighted by molar-refractivity contribution is 0.348. The molecule has 0 N–H and O–H groups in total. The third-order valence-electron chi connectivity index (χ3n) is 5.99. The highest BCUT2D eigenvalue weighted by molar-refractivity contribution is 5.96. The van der Waals surface area contributed by atoms with E-state index in [4.69, 9.17) is 19.2 Å². The average molecular weight is 483 g/mol. The van der Waals surface area contributed by atoms with Crippen LogP contribution in [0.2, 0.25) is 0 Å². The molecular weight excluding hydrogens is 459 g/mol. The van der Waals surface area contributed by atoms with Crippen LogP contribution in [-0.2, 0) is 0 Å². The molecule has 0 aliphatic rings. The zero-order valence-corrected chi connectivity index (χ0v) is 20.0. The van der Waals surface area contributed by atoms with Crippen molar-refractivity contribution in [2.24, 2.45) is 0 Å². The molecule has 0 aliphatic carbocycles. The van der Waals surface area contributed by atoms with E-state index in [1.807, 2.05) is 36.4 Å². The molecule has 0 saturated heterocycles. The van der Waals surface area contributed by atoms with Crippen LogP contribution < -0.4 is 19.8 Å². The van der Waals surface area contributed by atoms with Gasteiger partial charge in [-0.1, -0.05) is 24.3 Å². The Labute approximate surface area is 206 Å². The first kappa shape index (κ1) is 23.1. The maximum atomic E-state index is 13.7. The van der Waals surface area contributed by atoms with Gasteiger partial charge >= 0.3 is 0 Å².